The third-order valence-corrected chi connectivity index (χ3v) is 8.31. The summed E-state index contributed by atoms with van der Waals surface area (Å²) >= 11 is 0. The normalized spacial score (nSPS) is 23.7. The summed E-state index contributed by atoms with van der Waals surface area (Å²) in [5.74, 6) is 0. The van der Waals surface area contributed by atoms with Crippen molar-refractivity contribution in [2.24, 2.45) is 0 Å². The van der Waals surface area contributed by atoms with Gasteiger partial charge in [-0.15, -0.1) is 0 Å². The van der Waals surface area contributed by atoms with Crippen molar-refractivity contribution in [3.8, 4) is 0 Å². The van der Waals surface area contributed by atoms with Crippen molar-refractivity contribution in [2.75, 3.05) is 32.6 Å². The Kier molecular flexibility index (Phi) is 6.10. The maximum absolute atomic E-state index is 12.3. The van der Waals surface area contributed by atoms with Crippen molar-refractivity contribution in [1.29, 1.82) is 0 Å². The van der Waals surface area contributed by atoms with Gasteiger partial charge in [-0.3, -0.25) is 0 Å². The largest absolute Gasteiger partial charge is 0.381 e. The highest BCUT2D eigenvalue weighted by molar-refractivity contribution is 7.89. The lowest BCUT2D eigenvalue weighted by molar-refractivity contribution is 0.0435. The van der Waals surface area contributed by atoms with Gasteiger partial charge in [-0.1, -0.05) is 0 Å². The summed E-state index contributed by atoms with van der Waals surface area (Å²) < 4.78 is 57.5. The smallest absolute Gasteiger partial charge is 0.216 e. The van der Waals surface area contributed by atoms with Crippen molar-refractivity contribution in [1.82, 2.24) is 8.61 Å². The molecular weight excluding hydrogens is 340 g/mol. The number of sulfonamides is 2. The molecule has 0 aromatic heterocycles. The second-order valence-corrected chi connectivity index (χ2v) is 11.0. The molecule has 136 valence electrons. The van der Waals surface area contributed by atoms with Crippen molar-refractivity contribution in [3.05, 3.63) is 0 Å². The second kappa shape index (κ2) is 7.35. The van der Waals surface area contributed by atoms with Gasteiger partial charge in [0.05, 0.1) is 11.5 Å². The first kappa shape index (κ1) is 19.1. The zero-order chi connectivity index (χ0) is 17.3. The first-order valence-corrected chi connectivity index (χ1v) is 11.5. The number of nitrogens with zero attached hydrogens (tertiary/aromatic N) is 2. The molecule has 0 N–H and O–H groups in total. The zero-order valence-electron chi connectivity index (χ0n) is 14.1. The molecule has 2 fully saturated rings. The van der Waals surface area contributed by atoms with Crippen LogP contribution in [0.2, 0.25) is 0 Å². The molecule has 7 nitrogen and oxygen atoms in total. The maximum atomic E-state index is 12.3. The van der Waals surface area contributed by atoms with Crippen LogP contribution in [-0.4, -0.2) is 75.3 Å². The van der Waals surface area contributed by atoms with Crippen LogP contribution in [0.3, 0.4) is 0 Å². The molecule has 0 aromatic carbocycles. The van der Waals surface area contributed by atoms with Gasteiger partial charge in [0.1, 0.15) is 0 Å². The van der Waals surface area contributed by atoms with Gasteiger partial charge in [-0.25, -0.2) is 21.1 Å². The Balaban J connectivity index is 2.09. The maximum Gasteiger partial charge on any atom is 0.216 e. The first-order valence-electron chi connectivity index (χ1n) is 8.19. The van der Waals surface area contributed by atoms with E-state index in [4.69, 9.17) is 4.74 Å². The quantitative estimate of drug-likeness (QED) is 0.711. The Morgan fingerprint density at radius 2 is 1.43 bits per heavy atom. The molecule has 2 aliphatic heterocycles. The summed E-state index contributed by atoms with van der Waals surface area (Å²) in [6, 6.07) is -0.149. The monoisotopic (exact) mass is 368 g/mol. The van der Waals surface area contributed by atoms with E-state index in [2.05, 4.69) is 0 Å². The van der Waals surface area contributed by atoms with E-state index in [1.165, 1.54) is 10.6 Å². The molecule has 0 amide bonds. The van der Waals surface area contributed by atoms with Gasteiger partial charge in [0.25, 0.3) is 0 Å². The molecule has 0 aliphatic carbocycles. The lowest BCUT2D eigenvalue weighted by atomic mass is 10.0. The fourth-order valence-corrected chi connectivity index (χ4v) is 6.25. The van der Waals surface area contributed by atoms with E-state index in [9.17, 15) is 16.8 Å². The van der Waals surface area contributed by atoms with Crippen LogP contribution in [-0.2, 0) is 24.8 Å². The average molecular weight is 369 g/mol. The molecule has 0 atom stereocenters. The van der Waals surface area contributed by atoms with E-state index in [1.54, 1.807) is 18.2 Å². The molecule has 0 spiro atoms. The molecule has 23 heavy (non-hydrogen) atoms. The first-order chi connectivity index (χ1) is 10.6. The number of rotatable bonds is 5. The molecule has 0 unspecified atom stereocenters. The lowest BCUT2D eigenvalue weighted by Crippen LogP contribution is -2.53. The van der Waals surface area contributed by atoms with Crippen LogP contribution < -0.4 is 0 Å². The molecule has 2 rings (SSSR count). The van der Waals surface area contributed by atoms with Gasteiger partial charge in [-0.2, -0.15) is 4.31 Å². The highest BCUT2D eigenvalue weighted by Gasteiger charge is 2.38. The summed E-state index contributed by atoms with van der Waals surface area (Å²) in [7, 11) is -6.59. The molecule has 0 saturated carbocycles. The summed E-state index contributed by atoms with van der Waals surface area (Å²) in [4.78, 5) is 0. The van der Waals surface area contributed by atoms with Crippen LogP contribution in [0.1, 0.15) is 39.5 Å². The van der Waals surface area contributed by atoms with Crippen molar-refractivity contribution in [3.63, 3.8) is 0 Å². The lowest BCUT2D eigenvalue weighted by Gasteiger charge is -2.41. The van der Waals surface area contributed by atoms with Crippen LogP contribution in [0.25, 0.3) is 0 Å². The Morgan fingerprint density at radius 1 is 0.957 bits per heavy atom. The number of ether oxygens (including phenoxy) is 1. The van der Waals surface area contributed by atoms with E-state index in [1.807, 2.05) is 0 Å². The fraction of sp³-hybridized carbons (Fsp3) is 1.00. The highest BCUT2D eigenvalue weighted by atomic mass is 32.2. The van der Waals surface area contributed by atoms with Crippen LogP contribution in [0.5, 0.6) is 0 Å². The summed E-state index contributed by atoms with van der Waals surface area (Å²) in [6.07, 6.45) is 3.77. The molecule has 0 aromatic rings. The molecule has 9 heteroatoms. The number of hydrogen-bond donors (Lipinski definition) is 0. The molecule has 2 saturated heterocycles. The fourth-order valence-electron chi connectivity index (χ4n) is 3.43. The Labute approximate surface area is 140 Å². The highest BCUT2D eigenvalue weighted by Crippen LogP contribution is 2.27. The van der Waals surface area contributed by atoms with Crippen molar-refractivity contribution < 1.29 is 21.6 Å². The van der Waals surface area contributed by atoms with E-state index in [0.29, 0.717) is 52.0 Å². The predicted molar refractivity (Wildman–Crippen MR) is 89.2 cm³/mol. The Hall–Kier alpha value is -0.220. The zero-order valence-corrected chi connectivity index (χ0v) is 15.8. The van der Waals surface area contributed by atoms with Gasteiger partial charge in [0.15, 0.2) is 0 Å². The molecule has 0 bridgehead atoms. The van der Waals surface area contributed by atoms with Crippen LogP contribution in [0.15, 0.2) is 0 Å². The Bertz CT molecular complexity index is 589. The molecule has 0 radical (unpaired) electrons. The molecule has 2 aliphatic rings. The van der Waals surface area contributed by atoms with E-state index < -0.39 is 25.3 Å². The predicted octanol–water partition coefficient (Wildman–Crippen LogP) is 0.630. The van der Waals surface area contributed by atoms with Crippen molar-refractivity contribution in [2.45, 2.75) is 56.9 Å². The molecular formula is C14H28N2O5S2. The number of piperidine rings is 1. The van der Waals surface area contributed by atoms with E-state index in [0.717, 1.165) is 0 Å². The second-order valence-electron chi connectivity index (χ2n) is 6.66. The van der Waals surface area contributed by atoms with Crippen LogP contribution in [0, 0.1) is 0 Å². The van der Waals surface area contributed by atoms with Gasteiger partial charge < -0.3 is 4.74 Å². The van der Waals surface area contributed by atoms with E-state index in [-0.39, 0.29) is 12.1 Å². The average Bonchev–Trinajstić information content (AvgIpc) is 2.47. The van der Waals surface area contributed by atoms with Gasteiger partial charge in [0, 0.05) is 38.4 Å². The van der Waals surface area contributed by atoms with Crippen LogP contribution >= 0.6 is 0 Å². The minimum atomic E-state index is -3.32. The summed E-state index contributed by atoms with van der Waals surface area (Å²) in [6.45, 7) is 5.29. The third kappa shape index (κ3) is 4.45. The van der Waals surface area contributed by atoms with Crippen LogP contribution in [0.4, 0.5) is 0 Å². The number of hydrogen-bond acceptors (Lipinski definition) is 5. The van der Waals surface area contributed by atoms with E-state index >= 15 is 0 Å². The topological polar surface area (TPSA) is 84.0 Å². The molecule has 2 heterocycles. The SMILES string of the molecule is CC(C)S(=O)(=O)N1CCC(N(C2CCOCC2)S(C)(=O)=O)CC1. The van der Waals surface area contributed by atoms with Gasteiger partial charge >= 0.3 is 0 Å². The van der Waals surface area contributed by atoms with Gasteiger partial charge in [-0.05, 0) is 39.5 Å². The standard InChI is InChI=1S/C14H28N2O5S2/c1-12(2)23(19,20)15-8-4-13(5-9-15)16(22(3,17)18)14-6-10-21-11-7-14/h12-14H,4-11H2,1-3H3. The van der Waals surface area contributed by atoms with Crippen molar-refractivity contribution >= 4 is 20.0 Å². The third-order valence-electron chi connectivity index (χ3n) is 4.67. The minimum absolute atomic E-state index is 0.0306. The van der Waals surface area contributed by atoms with Gasteiger partial charge in [0.2, 0.25) is 20.0 Å². The summed E-state index contributed by atoms with van der Waals surface area (Å²) in [5, 5.41) is -0.444. The summed E-state index contributed by atoms with van der Waals surface area (Å²) in [5.41, 5.74) is 0. The Morgan fingerprint density at radius 3 is 1.87 bits per heavy atom. The minimum Gasteiger partial charge on any atom is -0.381 e.